The largest absolute Gasteiger partial charge is 0.313 e. The number of hydrogen-bond acceptors (Lipinski definition) is 2. The summed E-state index contributed by atoms with van der Waals surface area (Å²) < 4.78 is 29.9. The normalized spacial score (nSPS) is 16.5. The standard InChI is InChI=1S/C18H22BrF2N3/c1-18(2,3)24-17(11-7-14(20)15(21)8-13(11)19)12(9-23-24)16(22-4)10-5-6-10/h7-10,16,22H,5-6H2,1-4H3. The quantitative estimate of drug-likeness (QED) is 0.734. The van der Waals surface area contributed by atoms with E-state index in [4.69, 9.17) is 0 Å². The number of aromatic nitrogens is 2. The molecule has 0 saturated heterocycles. The van der Waals surface area contributed by atoms with Crippen LogP contribution < -0.4 is 5.32 Å². The molecule has 1 aliphatic carbocycles. The lowest BCUT2D eigenvalue weighted by atomic mass is 9.97. The molecule has 1 heterocycles. The molecular weight excluding hydrogens is 376 g/mol. The van der Waals surface area contributed by atoms with Crippen LogP contribution in [0.15, 0.2) is 22.8 Å². The lowest BCUT2D eigenvalue weighted by molar-refractivity contribution is 0.359. The number of hydrogen-bond donors (Lipinski definition) is 1. The van der Waals surface area contributed by atoms with Crippen LogP contribution in [0.1, 0.15) is 45.2 Å². The molecule has 130 valence electrons. The van der Waals surface area contributed by atoms with Gasteiger partial charge in [-0.1, -0.05) is 0 Å². The van der Waals surface area contributed by atoms with Crippen molar-refractivity contribution in [3.63, 3.8) is 0 Å². The maximum absolute atomic E-state index is 13.9. The van der Waals surface area contributed by atoms with Crippen molar-refractivity contribution in [3.8, 4) is 11.3 Å². The Kier molecular flexibility index (Phi) is 4.55. The van der Waals surface area contributed by atoms with Crippen molar-refractivity contribution in [3.05, 3.63) is 40.0 Å². The van der Waals surface area contributed by atoms with Gasteiger partial charge in [0.2, 0.25) is 0 Å². The van der Waals surface area contributed by atoms with Crippen LogP contribution in [0.4, 0.5) is 8.78 Å². The molecule has 24 heavy (non-hydrogen) atoms. The molecule has 1 aliphatic rings. The molecule has 0 amide bonds. The van der Waals surface area contributed by atoms with E-state index in [0.717, 1.165) is 11.3 Å². The topological polar surface area (TPSA) is 29.9 Å². The highest BCUT2D eigenvalue weighted by Gasteiger charge is 2.36. The molecule has 0 spiro atoms. The van der Waals surface area contributed by atoms with Gasteiger partial charge in [0.1, 0.15) is 0 Å². The summed E-state index contributed by atoms with van der Waals surface area (Å²) in [5.74, 6) is -1.15. The van der Waals surface area contributed by atoms with Crippen molar-refractivity contribution in [1.82, 2.24) is 15.1 Å². The predicted octanol–water partition coefficient (Wildman–Crippen LogP) is 5.02. The van der Waals surface area contributed by atoms with E-state index in [1.807, 2.05) is 38.7 Å². The van der Waals surface area contributed by atoms with Crippen molar-refractivity contribution >= 4 is 15.9 Å². The number of benzene rings is 1. The second kappa shape index (κ2) is 6.23. The molecule has 1 saturated carbocycles. The number of rotatable bonds is 4. The van der Waals surface area contributed by atoms with Crippen LogP contribution in [0.5, 0.6) is 0 Å². The van der Waals surface area contributed by atoms with Gasteiger partial charge < -0.3 is 5.32 Å². The fourth-order valence-corrected chi connectivity index (χ4v) is 3.65. The minimum Gasteiger partial charge on any atom is -0.313 e. The van der Waals surface area contributed by atoms with Crippen LogP contribution in [-0.2, 0) is 5.54 Å². The molecule has 0 radical (unpaired) electrons. The Balaban J connectivity index is 2.24. The molecule has 6 heteroatoms. The molecule has 0 aliphatic heterocycles. The fourth-order valence-electron chi connectivity index (χ4n) is 3.15. The van der Waals surface area contributed by atoms with Gasteiger partial charge in [0.15, 0.2) is 11.6 Å². The Morgan fingerprint density at radius 2 is 1.88 bits per heavy atom. The second-order valence-electron chi connectivity index (χ2n) is 7.38. The zero-order valence-corrected chi connectivity index (χ0v) is 15.9. The molecule has 0 bridgehead atoms. The summed E-state index contributed by atoms with van der Waals surface area (Å²) in [4.78, 5) is 0. The second-order valence-corrected chi connectivity index (χ2v) is 8.24. The average molecular weight is 398 g/mol. The van der Waals surface area contributed by atoms with Crippen molar-refractivity contribution in [1.29, 1.82) is 0 Å². The number of nitrogens with zero attached hydrogens (tertiary/aromatic N) is 2. The minimum atomic E-state index is -0.860. The maximum Gasteiger partial charge on any atom is 0.159 e. The van der Waals surface area contributed by atoms with E-state index >= 15 is 0 Å². The van der Waals surface area contributed by atoms with E-state index in [2.05, 4.69) is 26.3 Å². The summed E-state index contributed by atoms with van der Waals surface area (Å²) >= 11 is 3.39. The lowest BCUT2D eigenvalue weighted by Gasteiger charge is -2.25. The average Bonchev–Trinajstić information content (AvgIpc) is 3.21. The molecule has 1 atom stereocenters. The Morgan fingerprint density at radius 3 is 2.42 bits per heavy atom. The van der Waals surface area contributed by atoms with Gasteiger partial charge in [-0.05, 0) is 74.6 Å². The SMILES string of the molecule is CNC(c1cnn(C(C)(C)C)c1-c1cc(F)c(F)cc1Br)C1CC1. The third-order valence-electron chi connectivity index (χ3n) is 4.44. The molecular formula is C18H22BrF2N3. The third kappa shape index (κ3) is 3.14. The monoisotopic (exact) mass is 397 g/mol. The highest BCUT2D eigenvalue weighted by molar-refractivity contribution is 9.10. The molecule has 1 unspecified atom stereocenters. The minimum absolute atomic E-state index is 0.163. The molecule has 3 nitrogen and oxygen atoms in total. The molecule has 1 aromatic carbocycles. The summed E-state index contributed by atoms with van der Waals surface area (Å²) in [6.45, 7) is 6.14. The van der Waals surface area contributed by atoms with Gasteiger partial charge in [0.25, 0.3) is 0 Å². The zero-order chi connectivity index (χ0) is 17.6. The van der Waals surface area contributed by atoms with E-state index in [9.17, 15) is 8.78 Å². The zero-order valence-electron chi connectivity index (χ0n) is 14.3. The van der Waals surface area contributed by atoms with Crippen LogP contribution >= 0.6 is 15.9 Å². The van der Waals surface area contributed by atoms with Gasteiger partial charge in [-0.3, -0.25) is 4.68 Å². The predicted molar refractivity (Wildman–Crippen MR) is 94.8 cm³/mol. The van der Waals surface area contributed by atoms with E-state index in [1.54, 1.807) is 0 Å². The molecule has 1 N–H and O–H groups in total. The molecule has 1 aromatic heterocycles. The van der Waals surface area contributed by atoms with Gasteiger partial charge >= 0.3 is 0 Å². The fraction of sp³-hybridized carbons (Fsp3) is 0.500. The Morgan fingerprint density at radius 1 is 1.25 bits per heavy atom. The first-order chi connectivity index (χ1) is 11.2. The van der Waals surface area contributed by atoms with Gasteiger partial charge in [0, 0.05) is 21.6 Å². The lowest BCUT2D eigenvalue weighted by Crippen LogP contribution is -2.25. The van der Waals surface area contributed by atoms with Crippen LogP contribution in [0, 0.1) is 17.6 Å². The van der Waals surface area contributed by atoms with Gasteiger partial charge in [0.05, 0.1) is 17.4 Å². The van der Waals surface area contributed by atoms with Crippen molar-refractivity contribution < 1.29 is 8.78 Å². The highest BCUT2D eigenvalue weighted by Crippen LogP contribution is 2.45. The van der Waals surface area contributed by atoms with Gasteiger partial charge in [-0.15, -0.1) is 0 Å². The summed E-state index contributed by atoms with van der Waals surface area (Å²) in [6, 6.07) is 2.60. The van der Waals surface area contributed by atoms with Crippen LogP contribution in [0.3, 0.4) is 0 Å². The summed E-state index contributed by atoms with van der Waals surface area (Å²) in [5, 5.41) is 7.94. The van der Waals surface area contributed by atoms with Crippen LogP contribution in [0.2, 0.25) is 0 Å². The highest BCUT2D eigenvalue weighted by atomic mass is 79.9. The first kappa shape index (κ1) is 17.5. The summed E-state index contributed by atoms with van der Waals surface area (Å²) in [6.07, 6.45) is 4.20. The van der Waals surface area contributed by atoms with E-state index in [0.29, 0.717) is 16.0 Å². The first-order valence-corrected chi connectivity index (χ1v) is 8.94. The molecule has 2 aromatic rings. The van der Waals surface area contributed by atoms with Crippen LogP contribution in [0.25, 0.3) is 11.3 Å². The van der Waals surface area contributed by atoms with Gasteiger partial charge in [-0.2, -0.15) is 5.10 Å². The third-order valence-corrected chi connectivity index (χ3v) is 5.09. The summed E-state index contributed by atoms with van der Waals surface area (Å²) in [7, 11) is 1.93. The number of nitrogens with one attached hydrogen (secondary N) is 1. The van der Waals surface area contributed by atoms with E-state index < -0.39 is 11.6 Å². The van der Waals surface area contributed by atoms with Crippen molar-refractivity contribution in [2.75, 3.05) is 7.05 Å². The van der Waals surface area contributed by atoms with Crippen LogP contribution in [-0.4, -0.2) is 16.8 Å². The van der Waals surface area contributed by atoms with Crippen molar-refractivity contribution in [2.45, 2.75) is 45.2 Å². The smallest absolute Gasteiger partial charge is 0.159 e. The summed E-state index contributed by atoms with van der Waals surface area (Å²) in [5.41, 5.74) is 2.21. The van der Waals surface area contributed by atoms with E-state index in [-0.39, 0.29) is 11.6 Å². The number of halogens is 3. The first-order valence-electron chi connectivity index (χ1n) is 8.14. The van der Waals surface area contributed by atoms with E-state index in [1.165, 1.54) is 25.0 Å². The molecule has 3 rings (SSSR count). The Bertz CT molecular complexity index is 760. The van der Waals surface area contributed by atoms with Gasteiger partial charge in [-0.25, -0.2) is 8.78 Å². The van der Waals surface area contributed by atoms with Crippen molar-refractivity contribution in [2.24, 2.45) is 5.92 Å². The molecule has 1 fully saturated rings. The Hall–Kier alpha value is -1.27. The maximum atomic E-state index is 13.9. The Labute approximate surface area is 149 Å².